The zero-order chi connectivity index (χ0) is 22.2. The average molecular weight is 447 g/mol. The van der Waals surface area contributed by atoms with Crippen molar-refractivity contribution in [3.8, 4) is 11.1 Å². The van der Waals surface area contributed by atoms with Crippen LogP contribution in [0.4, 0.5) is 26.3 Å². The summed E-state index contributed by atoms with van der Waals surface area (Å²) in [5.41, 5.74) is 0.875. The van der Waals surface area contributed by atoms with Crippen LogP contribution in [0.25, 0.3) is 11.1 Å². The lowest BCUT2D eigenvalue weighted by Crippen LogP contribution is -2.63. The summed E-state index contributed by atoms with van der Waals surface area (Å²) in [6.07, 6.45) is -9.02. The lowest BCUT2D eigenvalue weighted by molar-refractivity contribution is -0.138. The predicted octanol–water partition coefficient (Wildman–Crippen LogP) is 7.75. The summed E-state index contributed by atoms with van der Waals surface area (Å²) in [6, 6.07) is 7.33. The van der Waals surface area contributed by atoms with Crippen molar-refractivity contribution in [1.29, 1.82) is 0 Å². The van der Waals surface area contributed by atoms with E-state index in [1.165, 1.54) is 24.3 Å². The SMILES string of the molecule is C[Si](C)(C)C1([Si](C)(C)C)c2cc(C(F)(F)F)ccc2-c2ccc(C(F)(F)F)cc21. The summed E-state index contributed by atoms with van der Waals surface area (Å²) in [7, 11) is -4.70. The van der Waals surface area contributed by atoms with Crippen LogP contribution in [0.3, 0.4) is 0 Å². The van der Waals surface area contributed by atoms with Crippen molar-refractivity contribution in [2.75, 3.05) is 0 Å². The van der Waals surface area contributed by atoms with Gasteiger partial charge in [0.25, 0.3) is 0 Å². The lowest BCUT2D eigenvalue weighted by atomic mass is 10.0. The third-order valence-corrected chi connectivity index (χ3v) is 16.1. The molecule has 0 nitrogen and oxygen atoms in total. The Morgan fingerprint density at radius 2 is 0.897 bits per heavy atom. The maximum atomic E-state index is 13.5. The molecule has 0 aromatic heterocycles. The third-order valence-electron chi connectivity index (χ3n) is 6.04. The fourth-order valence-corrected chi connectivity index (χ4v) is 18.5. The van der Waals surface area contributed by atoms with Gasteiger partial charge in [-0.05, 0) is 46.5 Å². The van der Waals surface area contributed by atoms with Gasteiger partial charge in [0.05, 0.1) is 27.3 Å². The normalized spacial score (nSPS) is 16.6. The minimum Gasteiger partial charge on any atom is -0.166 e. The smallest absolute Gasteiger partial charge is 0.166 e. The molecule has 0 radical (unpaired) electrons. The minimum absolute atomic E-state index is 0.556. The second kappa shape index (κ2) is 6.23. The molecule has 158 valence electrons. The van der Waals surface area contributed by atoms with E-state index >= 15 is 0 Å². The average Bonchev–Trinajstić information content (AvgIpc) is 2.82. The summed E-state index contributed by atoms with van der Waals surface area (Å²) in [5.74, 6) is 0. The van der Waals surface area contributed by atoms with Crippen LogP contribution in [0.15, 0.2) is 36.4 Å². The second-order valence-corrected chi connectivity index (χ2v) is 20.8. The fourth-order valence-electron chi connectivity index (χ4n) is 5.42. The predicted molar refractivity (Wildman–Crippen MR) is 109 cm³/mol. The Balaban J connectivity index is 2.50. The van der Waals surface area contributed by atoms with Crippen LogP contribution in [0.5, 0.6) is 0 Å². The summed E-state index contributed by atoms with van der Waals surface area (Å²) in [4.78, 5) is 0. The first kappa shape index (κ1) is 22.1. The van der Waals surface area contributed by atoms with Crippen molar-refractivity contribution in [1.82, 2.24) is 0 Å². The van der Waals surface area contributed by atoms with Crippen LogP contribution < -0.4 is 0 Å². The summed E-state index contributed by atoms with van der Waals surface area (Å²) < 4.78 is 80.4. The van der Waals surface area contributed by atoms with Gasteiger partial charge in [0.15, 0.2) is 0 Å². The van der Waals surface area contributed by atoms with Gasteiger partial charge in [0, 0.05) is 4.66 Å². The Kier molecular flexibility index (Phi) is 4.76. The molecule has 0 unspecified atom stereocenters. The molecule has 0 atom stereocenters. The molecule has 1 aliphatic carbocycles. The van der Waals surface area contributed by atoms with Gasteiger partial charge in [-0.2, -0.15) is 26.3 Å². The molecule has 8 heteroatoms. The Hall–Kier alpha value is -1.55. The van der Waals surface area contributed by atoms with Gasteiger partial charge in [-0.3, -0.25) is 0 Å². The van der Waals surface area contributed by atoms with Crippen molar-refractivity contribution in [3.63, 3.8) is 0 Å². The highest BCUT2D eigenvalue weighted by molar-refractivity contribution is 6.99. The van der Waals surface area contributed by atoms with E-state index in [0.717, 1.165) is 12.1 Å². The molecule has 3 rings (SSSR count). The van der Waals surface area contributed by atoms with Crippen molar-refractivity contribution in [3.05, 3.63) is 58.7 Å². The quantitative estimate of drug-likeness (QED) is 0.327. The number of hydrogen-bond donors (Lipinski definition) is 0. The summed E-state index contributed by atoms with van der Waals surface area (Å²) in [6.45, 7) is 12.3. The molecule has 0 bridgehead atoms. The van der Waals surface area contributed by atoms with Crippen molar-refractivity contribution < 1.29 is 26.3 Å². The maximum Gasteiger partial charge on any atom is 0.416 e. The minimum atomic E-state index is -4.51. The molecule has 29 heavy (non-hydrogen) atoms. The molecule has 0 fully saturated rings. The third kappa shape index (κ3) is 3.19. The van der Waals surface area contributed by atoms with Crippen LogP contribution in [0, 0.1) is 0 Å². The van der Waals surface area contributed by atoms with Crippen molar-refractivity contribution >= 4 is 16.1 Å². The highest BCUT2D eigenvalue weighted by atomic mass is 28.4. The highest BCUT2D eigenvalue weighted by Crippen LogP contribution is 2.59. The lowest BCUT2D eigenvalue weighted by Gasteiger charge is -2.51. The van der Waals surface area contributed by atoms with Crippen LogP contribution >= 0.6 is 0 Å². The Morgan fingerprint density at radius 1 is 0.586 bits per heavy atom. The van der Waals surface area contributed by atoms with E-state index in [1.54, 1.807) is 0 Å². The van der Waals surface area contributed by atoms with Gasteiger partial charge in [-0.15, -0.1) is 0 Å². The molecule has 1 aliphatic rings. The van der Waals surface area contributed by atoms with Gasteiger partial charge in [-0.25, -0.2) is 0 Å². The topological polar surface area (TPSA) is 0 Å². The molecule has 0 aliphatic heterocycles. The van der Waals surface area contributed by atoms with E-state index < -0.39 is 44.3 Å². The van der Waals surface area contributed by atoms with E-state index in [0.29, 0.717) is 22.3 Å². The molecule has 2 aromatic rings. The zero-order valence-electron chi connectivity index (χ0n) is 17.2. The number of halogens is 6. The maximum absolute atomic E-state index is 13.5. The first-order chi connectivity index (χ1) is 12.9. The molecule has 0 amide bonds. The molecular weight excluding hydrogens is 422 g/mol. The van der Waals surface area contributed by atoms with Crippen LogP contribution in [0.2, 0.25) is 39.3 Å². The second-order valence-electron chi connectivity index (χ2n) is 9.77. The number of benzene rings is 2. The highest BCUT2D eigenvalue weighted by Gasteiger charge is 2.59. The van der Waals surface area contributed by atoms with Gasteiger partial charge in [-0.1, -0.05) is 51.4 Å². The molecule has 0 saturated heterocycles. The first-order valence-corrected chi connectivity index (χ1v) is 16.4. The van der Waals surface area contributed by atoms with E-state index in [1.807, 2.05) is 39.3 Å². The number of fused-ring (bicyclic) bond motifs is 3. The standard InChI is InChI=1S/C21H24F6Si2/c1-28(2,3)19(29(4,5)6)17-11-13(20(22,23)24)7-9-15(17)16-10-8-14(12-18(16)19)21(25,26)27/h7-12H,1-6H3. The van der Waals surface area contributed by atoms with Gasteiger partial charge >= 0.3 is 12.4 Å². The fraction of sp³-hybridized carbons (Fsp3) is 0.429. The molecule has 2 aromatic carbocycles. The van der Waals surface area contributed by atoms with E-state index in [2.05, 4.69) is 0 Å². The Labute approximate surface area is 169 Å². The monoisotopic (exact) mass is 446 g/mol. The molecular formula is C21H24F6Si2. The molecule has 0 heterocycles. The molecule has 0 N–H and O–H groups in total. The Morgan fingerprint density at radius 3 is 1.14 bits per heavy atom. The van der Waals surface area contributed by atoms with E-state index in [9.17, 15) is 26.3 Å². The summed E-state index contributed by atoms with van der Waals surface area (Å²) in [5, 5.41) is 0. The zero-order valence-corrected chi connectivity index (χ0v) is 19.2. The van der Waals surface area contributed by atoms with Gasteiger partial charge in [0.1, 0.15) is 0 Å². The van der Waals surface area contributed by atoms with Crippen molar-refractivity contribution in [2.45, 2.75) is 56.3 Å². The first-order valence-electron chi connectivity index (χ1n) is 9.36. The number of hydrogen-bond acceptors (Lipinski definition) is 0. The van der Waals surface area contributed by atoms with E-state index in [-0.39, 0.29) is 0 Å². The van der Waals surface area contributed by atoms with Crippen LogP contribution in [-0.4, -0.2) is 16.1 Å². The molecule has 0 spiro atoms. The number of alkyl halides is 6. The summed E-state index contributed by atoms with van der Waals surface area (Å²) >= 11 is 0. The number of rotatable bonds is 2. The van der Waals surface area contributed by atoms with E-state index in [4.69, 9.17) is 0 Å². The van der Waals surface area contributed by atoms with Crippen LogP contribution in [-0.2, 0) is 17.0 Å². The van der Waals surface area contributed by atoms with Gasteiger partial charge in [0.2, 0.25) is 0 Å². The largest absolute Gasteiger partial charge is 0.416 e. The molecule has 0 saturated carbocycles. The van der Waals surface area contributed by atoms with Gasteiger partial charge < -0.3 is 0 Å². The Bertz CT molecular complexity index is 880. The van der Waals surface area contributed by atoms with Crippen molar-refractivity contribution in [2.24, 2.45) is 0 Å². The van der Waals surface area contributed by atoms with Crippen LogP contribution in [0.1, 0.15) is 22.3 Å².